The second kappa shape index (κ2) is 8.52. The van der Waals surface area contributed by atoms with Gasteiger partial charge in [-0.3, -0.25) is 0 Å². The zero-order chi connectivity index (χ0) is 15.7. The van der Waals surface area contributed by atoms with Gasteiger partial charge in [0.1, 0.15) is 5.75 Å². The van der Waals surface area contributed by atoms with Crippen LogP contribution in [0, 0.1) is 0 Å². The highest BCUT2D eigenvalue weighted by atomic mass is 16.5. The Morgan fingerprint density at radius 3 is 2.71 bits per heavy atom. The summed E-state index contributed by atoms with van der Waals surface area (Å²) in [5, 5.41) is 3.13. The molecule has 0 radical (unpaired) electrons. The van der Waals surface area contributed by atoms with Gasteiger partial charge in [0.2, 0.25) is 0 Å². The number of nitrogens with one attached hydrogen (secondary N) is 1. The van der Waals surface area contributed by atoms with Gasteiger partial charge >= 0.3 is 0 Å². The van der Waals surface area contributed by atoms with Crippen molar-refractivity contribution in [2.45, 2.75) is 39.3 Å². The van der Waals surface area contributed by atoms with Crippen molar-refractivity contribution in [3.8, 4) is 5.75 Å². The molecule has 0 atom stereocenters. The molecule has 0 saturated heterocycles. The average Bonchev–Trinajstić information content (AvgIpc) is 2.40. The van der Waals surface area contributed by atoms with Gasteiger partial charge in [-0.25, -0.2) is 4.99 Å². The van der Waals surface area contributed by atoms with Gasteiger partial charge in [0.15, 0.2) is 5.96 Å². The van der Waals surface area contributed by atoms with E-state index >= 15 is 0 Å². The summed E-state index contributed by atoms with van der Waals surface area (Å²) in [4.78, 5) is 4.34. The number of guanidine groups is 1. The van der Waals surface area contributed by atoms with Crippen molar-refractivity contribution in [3.63, 3.8) is 0 Å². The summed E-state index contributed by atoms with van der Waals surface area (Å²) in [6.45, 7) is 8.02. The molecule has 21 heavy (non-hydrogen) atoms. The molecule has 118 valence electrons. The van der Waals surface area contributed by atoms with Crippen LogP contribution in [-0.2, 0) is 11.3 Å². The molecule has 5 heteroatoms. The number of rotatable bonds is 7. The fourth-order valence-corrected chi connectivity index (χ4v) is 1.73. The lowest BCUT2D eigenvalue weighted by Gasteiger charge is -2.21. The van der Waals surface area contributed by atoms with Gasteiger partial charge in [-0.1, -0.05) is 12.1 Å². The standard InChI is InChI=1S/C16H27N3O2/c1-16(2,3)19-15(17)18-12-13-7-5-8-14(11-13)21-10-6-9-20-4/h5,7-8,11H,6,9-10,12H2,1-4H3,(H3,17,18,19). The SMILES string of the molecule is COCCCOc1cccc(CN=C(N)NC(C)(C)C)c1. The minimum absolute atomic E-state index is 0.0834. The third-order valence-electron chi connectivity index (χ3n) is 2.60. The van der Waals surface area contributed by atoms with E-state index in [-0.39, 0.29) is 5.54 Å². The molecule has 0 aromatic heterocycles. The molecular weight excluding hydrogens is 266 g/mol. The van der Waals surface area contributed by atoms with E-state index in [0.29, 0.717) is 25.7 Å². The quantitative estimate of drug-likeness (QED) is 0.460. The molecule has 0 aliphatic carbocycles. The molecule has 0 aliphatic heterocycles. The van der Waals surface area contributed by atoms with E-state index in [0.717, 1.165) is 17.7 Å². The number of hydrogen-bond acceptors (Lipinski definition) is 3. The summed E-state index contributed by atoms with van der Waals surface area (Å²) in [6.07, 6.45) is 0.876. The second-order valence-electron chi connectivity index (χ2n) is 5.92. The highest BCUT2D eigenvalue weighted by Gasteiger charge is 2.09. The first-order valence-corrected chi connectivity index (χ1v) is 7.19. The van der Waals surface area contributed by atoms with Gasteiger partial charge in [0.05, 0.1) is 13.2 Å². The molecule has 0 fully saturated rings. The zero-order valence-electron chi connectivity index (χ0n) is 13.5. The van der Waals surface area contributed by atoms with E-state index in [1.807, 2.05) is 45.0 Å². The summed E-state index contributed by atoms with van der Waals surface area (Å²) >= 11 is 0. The highest BCUT2D eigenvalue weighted by molar-refractivity contribution is 5.78. The first kappa shape index (κ1) is 17.3. The number of benzene rings is 1. The molecule has 0 spiro atoms. The number of methoxy groups -OCH3 is 1. The van der Waals surface area contributed by atoms with E-state index in [4.69, 9.17) is 15.2 Å². The van der Waals surface area contributed by atoms with Crippen LogP contribution in [0.1, 0.15) is 32.8 Å². The van der Waals surface area contributed by atoms with Crippen molar-refractivity contribution < 1.29 is 9.47 Å². The molecule has 0 saturated carbocycles. The molecular formula is C16H27N3O2. The Morgan fingerprint density at radius 2 is 2.05 bits per heavy atom. The number of nitrogens with zero attached hydrogens (tertiary/aromatic N) is 1. The Kier molecular flexibility index (Phi) is 7.02. The molecule has 5 nitrogen and oxygen atoms in total. The van der Waals surface area contributed by atoms with Crippen LogP contribution in [0.5, 0.6) is 5.75 Å². The van der Waals surface area contributed by atoms with E-state index in [9.17, 15) is 0 Å². The maximum Gasteiger partial charge on any atom is 0.189 e. The summed E-state index contributed by atoms with van der Waals surface area (Å²) < 4.78 is 10.7. The predicted molar refractivity (Wildman–Crippen MR) is 86.6 cm³/mol. The van der Waals surface area contributed by atoms with Crippen LogP contribution in [0.15, 0.2) is 29.3 Å². The molecule has 3 N–H and O–H groups in total. The van der Waals surface area contributed by atoms with Gasteiger partial charge in [-0.05, 0) is 38.5 Å². The third-order valence-corrected chi connectivity index (χ3v) is 2.60. The van der Waals surface area contributed by atoms with Gasteiger partial charge in [-0.15, -0.1) is 0 Å². The average molecular weight is 293 g/mol. The van der Waals surface area contributed by atoms with Crippen LogP contribution in [0.25, 0.3) is 0 Å². The maximum absolute atomic E-state index is 5.85. The molecule has 0 aliphatic rings. The van der Waals surface area contributed by atoms with Crippen molar-refractivity contribution in [1.82, 2.24) is 5.32 Å². The lowest BCUT2D eigenvalue weighted by Crippen LogP contribution is -2.44. The van der Waals surface area contributed by atoms with E-state index in [1.165, 1.54) is 0 Å². The Morgan fingerprint density at radius 1 is 1.29 bits per heavy atom. The summed E-state index contributed by atoms with van der Waals surface area (Å²) in [5.74, 6) is 1.30. The van der Waals surface area contributed by atoms with Crippen LogP contribution in [0.2, 0.25) is 0 Å². The monoisotopic (exact) mass is 293 g/mol. The molecule has 0 unspecified atom stereocenters. The van der Waals surface area contributed by atoms with Crippen LogP contribution >= 0.6 is 0 Å². The van der Waals surface area contributed by atoms with Crippen LogP contribution < -0.4 is 15.8 Å². The fourth-order valence-electron chi connectivity index (χ4n) is 1.73. The Balaban J connectivity index is 2.50. The van der Waals surface area contributed by atoms with Crippen LogP contribution in [0.4, 0.5) is 0 Å². The van der Waals surface area contributed by atoms with Gasteiger partial charge in [0, 0.05) is 25.7 Å². The minimum atomic E-state index is -0.0834. The Hall–Kier alpha value is -1.75. The number of hydrogen-bond donors (Lipinski definition) is 2. The smallest absolute Gasteiger partial charge is 0.189 e. The van der Waals surface area contributed by atoms with Crippen molar-refractivity contribution in [3.05, 3.63) is 29.8 Å². The van der Waals surface area contributed by atoms with E-state index in [1.54, 1.807) is 7.11 Å². The molecule has 0 bridgehead atoms. The third kappa shape index (κ3) is 8.19. The van der Waals surface area contributed by atoms with Crippen molar-refractivity contribution >= 4 is 5.96 Å². The Bertz CT molecular complexity index is 453. The molecule has 0 heterocycles. The maximum atomic E-state index is 5.85. The van der Waals surface area contributed by atoms with Crippen LogP contribution in [0.3, 0.4) is 0 Å². The van der Waals surface area contributed by atoms with E-state index in [2.05, 4.69) is 10.3 Å². The summed E-state index contributed by atoms with van der Waals surface area (Å²) in [7, 11) is 1.69. The summed E-state index contributed by atoms with van der Waals surface area (Å²) in [5.41, 5.74) is 6.84. The lowest BCUT2D eigenvalue weighted by atomic mass is 10.1. The van der Waals surface area contributed by atoms with E-state index < -0.39 is 0 Å². The first-order chi connectivity index (χ1) is 9.90. The normalized spacial score (nSPS) is 12.3. The van der Waals surface area contributed by atoms with Gasteiger partial charge in [-0.2, -0.15) is 0 Å². The molecule has 1 rings (SSSR count). The van der Waals surface area contributed by atoms with Crippen molar-refractivity contribution in [1.29, 1.82) is 0 Å². The van der Waals surface area contributed by atoms with Gasteiger partial charge in [0.25, 0.3) is 0 Å². The van der Waals surface area contributed by atoms with Crippen LogP contribution in [-0.4, -0.2) is 31.8 Å². The number of ether oxygens (including phenoxy) is 2. The van der Waals surface area contributed by atoms with Crippen molar-refractivity contribution in [2.75, 3.05) is 20.3 Å². The van der Waals surface area contributed by atoms with Gasteiger partial charge < -0.3 is 20.5 Å². The topological polar surface area (TPSA) is 68.9 Å². The van der Waals surface area contributed by atoms with Crippen molar-refractivity contribution in [2.24, 2.45) is 10.7 Å². The Labute approximate surface area is 127 Å². The molecule has 0 amide bonds. The zero-order valence-corrected chi connectivity index (χ0v) is 13.5. The fraction of sp³-hybridized carbons (Fsp3) is 0.562. The molecule has 1 aromatic rings. The minimum Gasteiger partial charge on any atom is -0.493 e. The lowest BCUT2D eigenvalue weighted by molar-refractivity contribution is 0.172. The number of aliphatic imine (C=N–C) groups is 1. The molecule has 1 aromatic carbocycles. The highest BCUT2D eigenvalue weighted by Crippen LogP contribution is 2.14. The first-order valence-electron chi connectivity index (χ1n) is 7.19. The summed E-state index contributed by atoms with van der Waals surface area (Å²) in [6, 6.07) is 7.90. The largest absolute Gasteiger partial charge is 0.493 e. The number of nitrogens with two attached hydrogens (primary N) is 1. The predicted octanol–water partition coefficient (Wildman–Crippen LogP) is 2.30. The second-order valence-corrected chi connectivity index (χ2v) is 5.92.